The van der Waals surface area contributed by atoms with Crippen molar-refractivity contribution in [3.8, 4) is 0 Å². The second-order valence-corrected chi connectivity index (χ2v) is 7.36. The average Bonchev–Trinajstić information content (AvgIpc) is 3.14. The standard InChI is InChI=1S/C22H25N3O/c1-5-24-19-9-7-6-8-18(19)23-22(24)17-12-20(26)25(13-17)21-15(3)10-14(2)11-16(21)4/h6-11,17H,5,12-13H2,1-4H3/t17-/m0/s1. The molecule has 2 heterocycles. The molecule has 0 unspecified atom stereocenters. The van der Waals surface area contributed by atoms with E-state index in [0.717, 1.165) is 29.1 Å². The summed E-state index contributed by atoms with van der Waals surface area (Å²) >= 11 is 0. The Hall–Kier alpha value is -2.62. The van der Waals surface area contributed by atoms with E-state index in [4.69, 9.17) is 4.98 Å². The number of carbonyl (C=O) groups excluding carboxylic acids is 1. The van der Waals surface area contributed by atoms with Gasteiger partial charge in [0.05, 0.1) is 11.0 Å². The highest BCUT2D eigenvalue weighted by Gasteiger charge is 2.35. The minimum Gasteiger partial charge on any atom is -0.328 e. The van der Waals surface area contributed by atoms with E-state index in [1.54, 1.807) is 0 Å². The minimum atomic E-state index is 0.134. The monoisotopic (exact) mass is 347 g/mol. The van der Waals surface area contributed by atoms with Crippen molar-refractivity contribution in [1.82, 2.24) is 9.55 Å². The summed E-state index contributed by atoms with van der Waals surface area (Å²) in [5, 5.41) is 0. The van der Waals surface area contributed by atoms with E-state index in [9.17, 15) is 4.79 Å². The average molecular weight is 347 g/mol. The lowest BCUT2D eigenvalue weighted by molar-refractivity contribution is -0.117. The normalized spacial score (nSPS) is 17.5. The van der Waals surface area contributed by atoms with Crippen LogP contribution in [0.4, 0.5) is 5.69 Å². The molecule has 1 amide bonds. The minimum absolute atomic E-state index is 0.134. The molecule has 4 rings (SSSR count). The molecule has 1 atom stereocenters. The molecule has 0 spiro atoms. The lowest BCUT2D eigenvalue weighted by Gasteiger charge is -2.22. The quantitative estimate of drug-likeness (QED) is 0.699. The number of aryl methyl sites for hydroxylation is 4. The second-order valence-electron chi connectivity index (χ2n) is 7.36. The molecule has 3 aromatic rings. The van der Waals surface area contributed by atoms with E-state index >= 15 is 0 Å². The second kappa shape index (κ2) is 6.27. The van der Waals surface area contributed by atoms with Gasteiger partial charge in [0.15, 0.2) is 0 Å². The first-order valence-corrected chi connectivity index (χ1v) is 9.33. The SMILES string of the molecule is CCn1c([C@H]2CC(=O)N(c3c(C)cc(C)cc3C)C2)nc2ccccc21. The van der Waals surface area contributed by atoms with Crippen LogP contribution in [0, 0.1) is 20.8 Å². The van der Waals surface area contributed by atoms with Gasteiger partial charge in [-0.2, -0.15) is 0 Å². The Bertz CT molecular complexity index is 979. The number of benzene rings is 2. The van der Waals surface area contributed by atoms with E-state index in [2.05, 4.69) is 50.5 Å². The van der Waals surface area contributed by atoms with Crippen molar-refractivity contribution in [1.29, 1.82) is 0 Å². The van der Waals surface area contributed by atoms with Crippen molar-refractivity contribution >= 4 is 22.6 Å². The van der Waals surface area contributed by atoms with Crippen LogP contribution in [0.25, 0.3) is 11.0 Å². The highest BCUT2D eigenvalue weighted by Crippen LogP contribution is 2.36. The van der Waals surface area contributed by atoms with E-state index in [1.807, 2.05) is 23.1 Å². The van der Waals surface area contributed by atoms with Crippen molar-refractivity contribution in [3.05, 3.63) is 58.9 Å². The first kappa shape index (κ1) is 16.8. The number of nitrogens with zero attached hydrogens (tertiary/aromatic N) is 3. The van der Waals surface area contributed by atoms with Gasteiger partial charge in [-0.1, -0.05) is 29.8 Å². The Labute approximate surface area is 154 Å². The van der Waals surface area contributed by atoms with Gasteiger partial charge in [-0.25, -0.2) is 4.98 Å². The number of imidazole rings is 1. The molecule has 1 saturated heterocycles. The molecule has 26 heavy (non-hydrogen) atoms. The van der Waals surface area contributed by atoms with Crippen molar-refractivity contribution < 1.29 is 4.79 Å². The van der Waals surface area contributed by atoms with Gasteiger partial charge in [0, 0.05) is 31.1 Å². The summed E-state index contributed by atoms with van der Waals surface area (Å²) in [6.45, 7) is 9.99. The number of rotatable bonds is 3. The van der Waals surface area contributed by atoms with Crippen LogP contribution < -0.4 is 4.90 Å². The maximum absolute atomic E-state index is 12.9. The number of hydrogen-bond acceptors (Lipinski definition) is 2. The number of anilines is 1. The fourth-order valence-electron chi connectivity index (χ4n) is 4.43. The summed E-state index contributed by atoms with van der Waals surface area (Å²) in [7, 11) is 0. The number of hydrogen-bond donors (Lipinski definition) is 0. The third-order valence-corrected chi connectivity index (χ3v) is 5.40. The lowest BCUT2D eigenvalue weighted by Crippen LogP contribution is -2.26. The predicted octanol–water partition coefficient (Wildman–Crippen LogP) is 4.50. The van der Waals surface area contributed by atoms with Crippen LogP contribution in [0.15, 0.2) is 36.4 Å². The summed E-state index contributed by atoms with van der Waals surface area (Å²) in [6, 6.07) is 12.5. The van der Waals surface area contributed by atoms with Crippen LogP contribution >= 0.6 is 0 Å². The van der Waals surface area contributed by atoms with Gasteiger partial charge < -0.3 is 9.47 Å². The highest BCUT2D eigenvalue weighted by atomic mass is 16.2. The van der Waals surface area contributed by atoms with Crippen molar-refractivity contribution in [2.75, 3.05) is 11.4 Å². The van der Waals surface area contributed by atoms with Gasteiger partial charge in [0.1, 0.15) is 5.82 Å². The maximum atomic E-state index is 12.9. The van der Waals surface area contributed by atoms with E-state index in [1.165, 1.54) is 16.7 Å². The summed E-state index contributed by atoms with van der Waals surface area (Å²) in [5.41, 5.74) is 6.81. The fraction of sp³-hybridized carbons (Fsp3) is 0.364. The number of carbonyl (C=O) groups is 1. The van der Waals surface area contributed by atoms with Crippen LogP contribution in [0.3, 0.4) is 0 Å². The molecule has 4 nitrogen and oxygen atoms in total. The van der Waals surface area contributed by atoms with Crippen molar-refractivity contribution in [3.63, 3.8) is 0 Å². The zero-order valence-electron chi connectivity index (χ0n) is 15.9. The van der Waals surface area contributed by atoms with Crippen LogP contribution in [0.5, 0.6) is 0 Å². The summed E-state index contributed by atoms with van der Waals surface area (Å²) in [4.78, 5) is 19.7. The molecule has 0 radical (unpaired) electrons. The molecule has 1 fully saturated rings. The molecule has 2 aromatic carbocycles. The number of aromatic nitrogens is 2. The number of para-hydroxylation sites is 2. The predicted molar refractivity (Wildman–Crippen MR) is 106 cm³/mol. The van der Waals surface area contributed by atoms with Crippen LogP contribution in [-0.4, -0.2) is 22.0 Å². The lowest BCUT2D eigenvalue weighted by atomic mass is 10.0. The van der Waals surface area contributed by atoms with Crippen molar-refractivity contribution in [2.24, 2.45) is 0 Å². The summed E-state index contributed by atoms with van der Waals surface area (Å²) in [5.74, 6) is 1.36. The van der Waals surface area contributed by atoms with Gasteiger partial charge in [-0.3, -0.25) is 4.79 Å². The highest BCUT2D eigenvalue weighted by molar-refractivity contribution is 5.98. The molecule has 0 saturated carbocycles. The first-order chi connectivity index (χ1) is 12.5. The summed E-state index contributed by atoms with van der Waals surface area (Å²) in [6.07, 6.45) is 0.524. The van der Waals surface area contributed by atoms with Gasteiger partial charge in [-0.15, -0.1) is 0 Å². The molecule has 134 valence electrons. The molecule has 1 aliphatic heterocycles. The largest absolute Gasteiger partial charge is 0.328 e. The van der Waals surface area contributed by atoms with Crippen molar-refractivity contribution in [2.45, 2.75) is 46.6 Å². The molecule has 1 aromatic heterocycles. The third-order valence-electron chi connectivity index (χ3n) is 5.40. The van der Waals surface area contributed by atoms with Gasteiger partial charge >= 0.3 is 0 Å². The Morgan fingerprint density at radius 3 is 2.50 bits per heavy atom. The molecular weight excluding hydrogens is 322 g/mol. The molecule has 0 N–H and O–H groups in total. The van der Waals surface area contributed by atoms with Gasteiger partial charge in [-0.05, 0) is 51.0 Å². The van der Waals surface area contributed by atoms with Crippen LogP contribution in [0.1, 0.15) is 41.8 Å². The van der Waals surface area contributed by atoms with Gasteiger partial charge in [0.2, 0.25) is 5.91 Å². The van der Waals surface area contributed by atoms with Crippen LogP contribution in [0.2, 0.25) is 0 Å². The molecule has 1 aliphatic rings. The number of fused-ring (bicyclic) bond motifs is 1. The molecule has 4 heteroatoms. The Morgan fingerprint density at radius 2 is 1.81 bits per heavy atom. The zero-order valence-corrected chi connectivity index (χ0v) is 15.9. The smallest absolute Gasteiger partial charge is 0.227 e. The fourth-order valence-corrected chi connectivity index (χ4v) is 4.43. The molecule has 0 aliphatic carbocycles. The first-order valence-electron chi connectivity index (χ1n) is 9.33. The maximum Gasteiger partial charge on any atom is 0.227 e. The topological polar surface area (TPSA) is 38.1 Å². The summed E-state index contributed by atoms with van der Waals surface area (Å²) < 4.78 is 2.26. The number of amides is 1. The Balaban J connectivity index is 1.73. The van der Waals surface area contributed by atoms with E-state index in [-0.39, 0.29) is 11.8 Å². The van der Waals surface area contributed by atoms with E-state index in [0.29, 0.717) is 13.0 Å². The zero-order chi connectivity index (χ0) is 18.4. The molecular formula is C22H25N3O. The van der Waals surface area contributed by atoms with E-state index < -0.39 is 0 Å². The van der Waals surface area contributed by atoms with Gasteiger partial charge in [0.25, 0.3) is 0 Å². The Kier molecular flexibility index (Phi) is 4.06. The Morgan fingerprint density at radius 1 is 1.12 bits per heavy atom. The van der Waals surface area contributed by atoms with Crippen LogP contribution in [-0.2, 0) is 11.3 Å². The molecule has 0 bridgehead atoms. The third kappa shape index (κ3) is 2.61.